The molecule has 2 rings (SSSR count). The summed E-state index contributed by atoms with van der Waals surface area (Å²) in [5, 5.41) is 3.24. The van der Waals surface area contributed by atoms with Gasteiger partial charge in [-0.2, -0.15) is 0 Å². The average Bonchev–Trinajstić information content (AvgIpc) is 2.50. The highest BCUT2D eigenvalue weighted by Crippen LogP contribution is 2.16. The van der Waals surface area contributed by atoms with Crippen LogP contribution in [0.2, 0.25) is 5.02 Å². The number of halogens is 1. The van der Waals surface area contributed by atoms with E-state index in [2.05, 4.69) is 5.32 Å². The molecule has 1 atom stereocenters. The number of hydrogen-bond acceptors (Lipinski definition) is 2. The van der Waals surface area contributed by atoms with E-state index >= 15 is 0 Å². The van der Waals surface area contributed by atoms with E-state index in [0.717, 1.165) is 16.7 Å². The smallest absolute Gasteiger partial charge is 0.251 e. The van der Waals surface area contributed by atoms with Crippen LogP contribution in [-0.2, 0) is 11.2 Å². The quantitative estimate of drug-likeness (QED) is 0.884. The van der Waals surface area contributed by atoms with Crippen molar-refractivity contribution in [1.29, 1.82) is 0 Å². The Morgan fingerprint density at radius 1 is 1.09 bits per heavy atom. The fraction of sp³-hybridized carbons (Fsp3) is 0.222. The van der Waals surface area contributed by atoms with Crippen LogP contribution in [0.25, 0.3) is 0 Å². The number of carbonyl (C=O) groups excluding carboxylic acids is 2. The molecule has 4 nitrogen and oxygen atoms in total. The van der Waals surface area contributed by atoms with Gasteiger partial charge in [0.2, 0.25) is 5.91 Å². The molecule has 0 radical (unpaired) electrons. The Hall–Kier alpha value is -2.33. The molecule has 2 amide bonds. The van der Waals surface area contributed by atoms with Crippen LogP contribution >= 0.6 is 11.6 Å². The summed E-state index contributed by atoms with van der Waals surface area (Å²) in [5.74, 6) is -0.910. The number of hydrogen-bond donors (Lipinski definition) is 2. The summed E-state index contributed by atoms with van der Waals surface area (Å²) in [4.78, 5) is 24.0. The molecule has 0 saturated carbocycles. The predicted octanol–water partition coefficient (Wildman–Crippen LogP) is 2.78. The molecular weight excluding hydrogens is 312 g/mol. The third-order valence-electron chi connectivity index (χ3n) is 3.81. The summed E-state index contributed by atoms with van der Waals surface area (Å²) >= 11 is 5.81. The van der Waals surface area contributed by atoms with Crippen molar-refractivity contribution in [3.05, 3.63) is 69.7 Å². The first-order valence-corrected chi connectivity index (χ1v) is 7.67. The molecule has 0 unspecified atom stereocenters. The normalized spacial score (nSPS) is 11.8. The van der Waals surface area contributed by atoms with Gasteiger partial charge in [-0.15, -0.1) is 0 Å². The molecule has 0 spiro atoms. The van der Waals surface area contributed by atoms with Crippen LogP contribution in [0.4, 0.5) is 0 Å². The summed E-state index contributed by atoms with van der Waals surface area (Å²) in [7, 11) is 0. The molecule has 3 N–H and O–H groups in total. The number of carbonyl (C=O) groups is 2. The van der Waals surface area contributed by atoms with Crippen molar-refractivity contribution in [1.82, 2.24) is 5.32 Å². The summed E-state index contributed by atoms with van der Waals surface area (Å²) in [6.07, 6.45) is 0.368. The standard InChI is InChI=1S/C18H19ClN2O2/c1-11-4-3-5-12(2)15(11)10-16(17(20)22)21-18(23)13-6-8-14(19)9-7-13/h3-9,16H,10H2,1-2H3,(H2,20,22)(H,21,23)/t16-/m0/s1. The highest BCUT2D eigenvalue weighted by atomic mass is 35.5. The maximum absolute atomic E-state index is 12.3. The molecular formula is C18H19ClN2O2. The largest absolute Gasteiger partial charge is 0.368 e. The second-order valence-corrected chi connectivity index (χ2v) is 5.95. The summed E-state index contributed by atoms with van der Waals surface area (Å²) in [5.41, 5.74) is 9.05. The first-order chi connectivity index (χ1) is 10.9. The molecule has 0 aliphatic carbocycles. The van der Waals surface area contributed by atoms with Gasteiger partial charge in [-0.05, 0) is 54.8 Å². The first-order valence-electron chi connectivity index (χ1n) is 7.29. The van der Waals surface area contributed by atoms with Crippen LogP contribution in [0.3, 0.4) is 0 Å². The Balaban J connectivity index is 2.17. The van der Waals surface area contributed by atoms with Crippen molar-refractivity contribution in [2.75, 3.05) is 0 Å². The molecule has 0 aliphatic heterocycles. The van der Waals surface area contributed by atoms with Gasteiger partial charge in [0.05, 0.1) is 0 Å². The number of amides is 2. The molecule has 23 heavy (non-hydrogen) atoms. The van der Waals surface area contributed by atoms with E-state index in [-0.39, 0.29) is 5.91 Å². The topological polar surface area (TPSA) is 72.2 Å². The molecule has 0 saturated heterocycles. The predicted molar refractivity (Wildman–Crippen MR) is 91.5 cm³/mol. The lowest BCUT2D eigenvalue weighted by Gasteiger charge is -2.18. The van der Waals surface area contributed by atoms with Crippen molar-refractivity contribution in [3.8, 4) is 0 Å². The zero-order chi connectivity index (χ0) is 17.0. The zero-order valence-electron chi connectivity index (χ0n) is 13.1. The van der Waals surface area contributed by atoms with Gasteiger partial charge in [0.25, 0.3) is 5.91 Å². The minimum absolute atomic E-state index is 0.350. The molecule has 0 aliphatic rings. The summed E-state index contributed by atoms with van der Waals surface area (Å²) < 4.78 is 0. The van der Waals surface area contributed by atoms with Crippen molar-refractivity contribution in [2.24, 2.45) is 5.73 Å². The van der Waals surface area contributed by atoms with Gasteiger partial charge in [0, 0.05) is 17.0 Å². The number of nitrogens with one attached hydrogen (secondary N) is 1. The minimum Gasteiger partial charge on any atom is -0.368 e. The van der Waals surface area contributed by atoms with E-state index < -0.39 is 11.9 Å². The lowest BCUT2D eigenvalue weighted by atomic mass is 9.96. The number of primary amides is 1. The van der Waals surface area contributed by atoms with Crippen LogP contribution in [0, 0.1) is 13.8 Å². The van der Waals surface area contributed by atoms with Gasteiger partial charge in [-0.25, -0.2) is 0 Å². The molecule has 0 aromatic heterocycles. The average molecular weight is 331 g/mol. The van der Waals surface area contributed by atoms with Crippen molar-refractivity contribution < 1.29 is 9.59 Å². The van der Waals surface area contributed by atoms with Gasteiger partial charge >= 0.3 is 0 Å². The van der Waals surface area contributed by atoms with Gasteiger partial charge in [0.1, 0.15) is 6.04 Å². The van der Waals surface area contributed by atoms with Gasteiger partial charge in [-0.1, -0.05) is 29.8 Å². The second-order valence-electron chi connectivity index (χ2n) is 5.51. The van der Waals surface area contributed by atoms with E-state index in [9.17, 15) is 9.59 Å². The maximum Gasteiger partial charge on any atom is 0.251 e. The molecule has 2 aromatic rings. The Bertz CT molecular complexity index is 706. The minimum atomic E-state index is -0.766. The van der Waals surface area contributed by atoms with Gasteiger partial charge in [-0.3, -0.25) is 9.59 Å². The Morgan fingerprint density at radius 3 is 2.17 bits per heavy atom. The number of benzene rings is 2. The highest BCUT2D eigenvalue weighted by molar-refractivity contribution is 6.30. The van der Waals surface area contributed by atoms with E-state index in [1.165, 1.54) is 0 Å². The maximum atomic E-state index is 12.3. The van der Waals surface area contributed by atoms with Crippen LogP contribution in [0.15, 0.2) is 42.5 Å². The van der Waals surface area contributed by atoms with Crippen molar-refractivity contribution >= 4 is 23.4 Å². The van der Waals surface area contributed by atoms with Gasteiger partial charge < -0.3 is 11.1 Å². The second kappa shape index (κ2) is 7.29. The van der Waals surface area contributed by atoms with Gasteiger partial charge in [0.15, 0.2) is 0 Å². The van der Waals surface area contributed by atoms with Crippen LogP contribution in [0.5, 0.6) is 0 Å². The van der Waals surface area contributed by atoms with Crippen LogP contribution in [0.1, 0.15) is 27.0 Å². The van der Waals surface area contributed by atoms with E-state index in [1.807, 2.05) is 32.0 Å². The van der Waals surface area contributed by atoms with Crippen LogP contribution in [-0.4, -0.2) is 17.9 Å². The molecule has 0 heterocycles. The lowest BCUT2D eigenvalue weighted by molar-refractivity contribution is -0.119. The fourth-order valence-corrected chi connectivity index (χ4v) is 2.57. The molecule has 0 fully saturated rings. The third kappa shape index (κ3) is 4.33. The third-order valence-corrected chi connectivity index (χ3v) is 4.06. The number of rotatable bonds is 5. The zero-order valence-corrected chi connectivity index (χ0v) is 13.9. The Labute approximate surface area is 140 Å². The van der Waals surface area contributed by atoms with Crippen molar-refractivity contribution in [2.45, 2.75) is 26.3 Å². The molecule has 0 bridgehead atoms. The monoisotopic (exact) mass is 330 g/mol. The first kappa shape index (κ1) is 17.0. The highest BCUT2D eigenvalue weighted by Gasteiger charge is 2.21. The SMILES string of the molecule is Cc1cccc(C)c1C[C@H](NC(=O)c1ccc(Cl)cc1)C(N)=O. The van der Waals surface area contributed by atoms with E-state index in [4.69, 9.17) is 17.3 Å². The molecule has 5 heteroatoms. The van der Waals surface area contributed by atoms with E-state index in [0.29, 0.717) is 17.0 Å². The summed E-state index contributed by atoms with van der Waals surface area (Å²) in [6.45, 7) is 3.95. The summed E-state index contributed by atoms with van der Waals surface area (Å²) in [6, 6.07) is 11.6. The fourth-order valence-electron chi connectivity index (χ4n) is 2.44. The number of nitrogens with two attached hydrogens (primary N) is 1. The Morgan fingerprint density at radius 2 is 1.65 bits per heavy atom. The molecule has 120 valence electrons. The lowest BCUT2D eigenvalue weighted by Crippen LogP contribution is -2.46. The number of aryl methyl sites for hydroxylation is 2. The molecule has 2 aromatic carbocycles. The van der Waals surface area contributed by atoms with E-state index in [1.54, 1.807) is 24.3 Å². The van der Waals surface area contributed by atoms with Crippen molar-refractivity contribution in [3.63, 3.8) is 0 Å². The van der Waals surface area contributed by atoms with Crippen LogP contribution < -0.4 is 11.1 Å². The Kier molecular flexibility index (Phi) is 5.40.